The van der Waals surface area contributed by atoms with Gasteiger partial charge in [-0.15, -0.1) is 11.3 Å². The van der Waals surface area contributed by atoms with Crippen molar-refractivity contribution in [2.24, 2.45) is 0 Å². The van der Waals surface area contributed by atoms with Crippen LogP contribution < -0.4 is 4.90 Å². The van der Waals surface area contributed by atoms with Gasteiger partial charge in [0.15, 0.2) is 0 Å². The van der Waals surface area contributed by atoms with Gasteiger partial charge in [0.05, 0.1) is 23.0 Å². The second-order valence-electron chi connectivity index (χ2n) is 5.92. The van der Waals surface area contributed by atoms with Crippen LogP contribution in [0.5, 0.6) is 0 Å². The second-order valence-corrected chi connectivity index (χ2v) is 7.03. The Morgan fingerprint density at radius 3 is 2.91 bits per heavy atom. The normalized spacial score (nSPS) is 19.3. The molecule has 1 aliphatic heterocycles. The van der Waals surface area contributed by atoms with Gasteiger partial charge in [0, 0.05) is 38.1 Å². The van der Waals surface area contributed by atoms with E-state index >= 15 is 0 Å². The van der Waals surface area contributed by atoms with Gasteiger partial charge in [0.1, 0.15) is 10.8 Å². The van der Waals surface area contributed by atoms with Crippen LogP contribution in [0.4, 0.5) is 5.82 Å². The lowest BCUT2D eigenvalue weighted by Crippen LogP contribution is -2.51. The zero-order valence-corrected chi connectivity index (χ0v) is 13.9. The maximum atomic E-state index is 4.75. The molecule has 1 fully saturated rings. The highest BCUT2D eigenvalue weighted by Gasteiger charge is 2.25. The van der Waals surface area contributed by atoms with Crippen molar-refractivity contribution in [2.75, 3.05) is 24.5 Å². The highest BCUT2D eigenvalue weighted by Crippen LogP contribution is 2.24. The Kier molecular flexibility index (Phi) is 3.93. The average Bonchev–Trinajstić information content (AvgIpc) is 2.98. The zero-order valence-electron chi connectivity index (χ0n) is 13.1. The fraction of sp³-hybridized carbons (Fsp3) is 0.353. The number of aromatic nitrogens is 3. The van der Waals surface area contributed by atoms with Crippen LogP contribution in [0, 0.1) is 0 Å². The van der Waals surface area contributed by atoms with Crippen LogP contribution >= 0.6 is 11.3 Å². The summed E-state index contributed by atoms with van der Waals surface area (Å²) in [5.41, 5.74) is 1.11. The van der Waals surface area contributed by atoms with Gasteiger partial charge >= 0.3 is 0 Å². The number of para-hydroxylation sites is 1. The van der Waals surface area contributed by atoms with Gasteiger partial charge in [-0.2, -0.15) is 0 Å². The molecule has 0 N–H and O–H groups in total. The number of piperazine rings is 1. The lowest BCUT2D eigenvalue weighted by molar-refractivity contribution is 0.220. The third-order valence-electron chi connectivity index (χ3n) is 4.25. The van der Waals surface area contributed by atoms with Crippen LogP contribution in [-0.4, -0.2) is 45.5 Å². The lowest BCUT2D eigenvalue weighted by atomic mass is 10.2. The summed E-state index contributed by atoms with van der Waals surface area (Å²) in [4.78, 5) is 18.2. The molecule has 0 bridgehead atoms. The summed E-state index contributed by atoms with van der Waals surface area (Å²) < 4.78 is 1.27. The number of anilines is 1. The number of hydrogen-bond acceptors (Lipinski definition) is 6. The largest absolute Gasteiger partial charge is 0.350 e. The summed E-state index contributed by atoms with van der Waals surface area (Å²) in [5.74, 6) is 0.972. The molecule has 6 heteroatoms. The van der Waals surface area contributed by atoms with Crippen molar-refractivity contribution in [2.45, 2.75) is 19.5 Å². The zero-order chi connectivity index (χ0) is 15.6. The molecule has 1 atom stereocenters. The van der Waals surface area contributed by atoms with Crippen molar-refractivity contribution in [3.05, 3.63) is 47.9 Å². The third-order valence-corrected chi connectivity index (χ3v) is 5.27. The Balaban J connectivity index is 1.44. The van der Waals surface area contributed by atoms with E-state index in [4.69, 9.17) is 4.98 Å². The molecule has 3 aromatic rings. The first-order valence-electron chi connectivity index (χ1n) is 7.89. The maximum Gasteiger partial charge on any atom is 0.147 e. The third kappa shape index (κ3) is 3.04. The quantitative estimate of drug-likeness (QED) is 0.741. The van der Waals surface area contributed by atoms with E-state index in [9.17, 15) is 0 Å². The van der Waals surface area contributed by atoms with Crippen LogP contribution in [0.15, 0.2) is 42.9 Å². The first-order valence-corrected chi connectivity index (χ1v) is 8.71. The number of thiazole rings is 1. The van der Waals surface area contributed by atoms with Gasteiger partial charge in [0.2, 0.25) is 0 Å². The first-order chi connectivity index (χ1) is 11.3. The fourth-order valence-corrected chi connectivity index (χ4v) is 4.15. The standard InChI is InChI=1S/C17H19N5S/c1-13-11-21(8-9-22(13)16-10-18-6-7-19-16)12-17-20-14-4-2-3-5-15(14)23-17/h2-7,10,13H,8-9,11-12H2,1H3. The minimum atomic E-state index is 0.426. The smallest absolute Gasteiger partial charge is 0.147 e. The number of hydrogen-bond donors (Lipinski definition) is 0. The topological polar surface area (TPSA) is 45.2 Å². The Morgan fingerprint density at radius 1 is 1.22 bits per heavy atom. The van der Waals surface area contributed by atoms with Gasteiger partial charge < -0.3 is 4.90 Å². The SMILES string of the molecule is CC1CN(Cc2nc3ccccc3s2)CCN1c1cnccn1. The summed E-state index contributed by atoms with van der Waals surface area (Å²) in [6, 6.07) is 8.78. The van der Waals surface area contributed by atoms with Crippen molar-refractivity contribution in [1.82, 2.24) is 19.9 Å². The Hall–Kier alpha value is -2.05. The molecule has 1 unspecified atom stereocenters. The van der Waals surface area contributed by atoms with Gasteiger partial charge in [0.25, 0.3) is 0 Å². The lowest BCUT2D eigenvalue weighted by Gasteiger charge is -2.40. The van der Waals surface area contributed by atoms with Gasteiger partial charge in [-0.3, -0.25) is 9.88 Å². The minimum absolute atomic E-state index is 0.426. The molecule has 23 heavy (non-hydrogen) atoms. The van der Waals surface area contributed by atoms with Gasteiger partial charge in [-0.05, 0) is 19.1 Å². The van der Waals surface area contributed by atoms with E-state index in [1.54, 1.807) is 23.7 Å². The average molecular weight is 325 g/mol. The van der Waals surface area contributed by atoms with E-state index in [0.717, 1.165) is 37.5 Å². The fourth-order valence-electron chi connectivity index (χ4n) is 3.14. The molecule has 118 valence electrons. The van der Waals surface area contributed by atoms with Crippen molar-refractivity contribution < 1.29 is 0 Å². The molecule has 0 aliphatic carbocycles. The van der Waals surface area contributed by atoms with Gasteiger partial charge in [-0.25, -0.2) is 9.97 Å². The summed E-state index contributed by atoms with van der Waals surface area (Å²) in [7, 11) is 0. The molecular weight excluding hydrogens is 306 g/mol. The molecule has 4 rings (SSSR count). The molecule has 0 saturated carbocycles. The molecule has 5 nitrogen and oxygen atoms in total. The van der Waals surface area contributed by atoms with Crippen LogP contribution in [0.3, 0.4) is 0 Å². The van der Waals surface area contributed by atoms with Crippen molar-refractivity contribution >= 4 is 27.4 Å². The second kappa shape index (κ2) is 6.22. The van der Waals surface area contributed by atoms with Crippen LogP contribution in [0.1, 0.15) is 11.9 Å². The number of rotatable bonds is 3. The Bertz CT molecular complexity index is 755. The predicted molar refractivity (Wildman–Crippen MR) is 93.7 cm³/mol. The van der Waals surface area contributed by atoms with Crippen molar-refractivity contribution in [1.29, 1.82) is 0 Å². The predicted octanol–water partition coefficient (Wildman–Crippen LogP) is 2.80. The number of benzene rings is 1. The molecule has 0 amide bonds. The van der Waals surface area contributed by atoms with E-state index in [1.807, 2.05) is 12.3 Å². The molecule has 1 aliphatic rings. The van der Waals surface area contributed by atoms with E-state index in [1.165, 1.54) is 9.71 Å². The number of nitrogens with zero attached hydrogens (tertiary/aromatic N) is 5. The van der Waals surface area contributed by atoms with E-state index in [2.05, 4.69) is 44.9 Å². The molecule has 1 saturated heterocycles. The molecule has 3 heterocycles. The highest BCUT2D eigenvalue weighted by atomic mass is 32.1. The summed E-state index contributed by atoms with van der Waals surface area (Å²) in [6.07, 6.45) is 5.33. The van der Waals surface area contributed by atoms with E-state index in [0.29, 0.717) is 6.04 Å². The van der Waals surface area contributed by atoms with Crippen LogP contribution in [0.2, 0.25) is 0 Å². The summed E-state index contributed by atoms with van der Waals surface area (Å²) in [5, 5.41) is 1.20. The summed E-state index contributed by atoms with van der Waals surface area (Å²) >= 11 is 1.80. The monoisotopic (exact) mass is 325 g/mol. The highest BCUT2D eigenvalue weighted by molar-refractivity contribution is 7.18. The van der Waals surface area contributed by atoms with E-state index in [-0.39, 0.29) is 0 Å². The Morgan fingerprint density at radius 2 is 2.13 bits per heavy atom. The van der Waals surface area contributed by atoms with Crippen LogP contribution in [0.25, 0.3) is 10.2 Å². The molecular formula is C17H19N5S. The van der Waals surface area contributed by atoms with Crippen LogP contribution in [-0.2, 0) is 6.54 Å². The maximum absolute atomic E-state index is 4.75. The van der Waals surface area contributed by atoms with Crippen molar-refractivity contribution in [3.8, 4) is 0 Å². The molecule has 1 aromatic carbocycles. The summed E-state index contributed by atoms with van der Waals surface area (Å²) in [6.45, 7) is 6.20. The molecule has 0 spiro atoms. The van der Waals surface area contributed by atoms with E-state index < -0.39 is 0 Å². The first kappa shape index (κ1) is 14.5. The van der Waals surface area contributed by atoms with Gasteiger partial charge in [-0.1, -0.05) is 12.1 Å². The molecule has 2 aromatic heterocycles. The number of fused-ring (bicyclic) bond motifs is 1. The Labute approximate surface area is 139 Å². The molecule has 0 radical (unpaired) electrons. The van der Waals surface area contributed by atoms with Crippen molar-refractivity contribution in [3.63, 3.8) is 0 Å². The minimum Gasteiger partial charge on any atom is -0.350 e.